The Balaban J connectivity index is 0.00000144. The highest BCUT2D eigenvalue weighted by atomic mass is 16.2. The summed E-state index contributed by atoms with van der Waals surface area (Å²) in [4.78, 5) is 22.4. The molecular weight excluding hydrogens is 154 g/mol. The molecule has 1 aliphatic rings. The second-order valence-electron chi connectivity index (χ2n) is 3.57. The fraction of sp³-hybridized carbons (Fsp3) is 0.778. The maximum absolute atomic E-state index is 11.4. The zero-order chi connectivity index (χ0) is 9.14. The van der Waals surface area contributed by atoms with E-state index in [0.29, 0.717) is 6.42 Å². The minimum Gasteiger partial charge on any atom is -0.346 e. The van der Waals surface area contributed by atoms with E-state index in [0.717, 1.165) is 12.8 Å². The van der Waals surface area contributed by atoms with Gasteiger partial charge in [-0.05, 0) is 12.8 Å². The first kappa shape index (κ1) is 9.23. The summed E-state index contributed by atoms with van der Waals surface area (Å²) in [5.41, 5.74) is 0. The molecule has 12 heavy (non-hydrogen) atoms. The van der Waals surface area contributed by atoms with Gasteiger partial charge in [0.25, 0.3) is 0 Å². The lowest BCUT2D eigenvalue weighted by Gasteiger charge is -2.23. The summed E-state index contributed by atoms with van der Waals surface area (Å²) >= 11 is 0. The molecule has 0 radical (unpaired) electrons. The zero-order valence-electron chi connectivity index (χ0n) is 7.59. The summed E-state index contributed by atoms with van der Waals surface area (Å²) in [7, 11) is 0. The molecule has 1 heterocycles. The van der Waals surface area contributed by atoms with Gasteiger partial charge in [-0.2, -0.15) is 0 Å². The number of ketones is 1. The molecule has 1 atom stereocenters. The number of rotatable bonds is 2. The Morgan fingerprint density at radius 1 is 1.67 bits per heavy atom. The molecule has 0 saturated carbocycles. The van der Waals surface area contributed by atoms with Gasteiger partial charge in [-0.25, -0.2) is 0 Å². The smallest absolute Gasteiger partial charge is 0.220 e. The van der Waals surface area contributed by atoms with Crippen molar-refractivity contribution in [1.82, 2.24) is 5.32 Å². The molecule has 1 N–H and O–H groups in total. The quantitative estimate of drug-likeness (QED) is 0.677. The van der Waals surface area contributed by atoms with Crippen LogP contribution in [0.15, 0.2) is 0 Å². The first-order valence-electron chi connectivity index (χ1n) is 4.44. The molecule has 1 amide bonds. The molecular formula is C9H17NO2. The van der Waals surface area contributed by atoms with Gasteiger partial charge < -0.3 is 5.32 Å². The van der Waals surface area contributed by atoms with Crippen LogP contribution < -0.4 is 5.32 Å². The normalized spacial score (nSPS) is 23.9. The number of amides is 1. The number of hydrogen-bond acceptors (Lipinski definition) is 2. The summed E-state index contributed by atoms with van der Waals surface area (Å²) in [6.45, 7) is 3.73. The molecule has 0 aromatic heterocycles. The van der Waals surface area contributed by atoms with Crippen molar-refractivity contribution in [1.29, 1.82) is 0 Å². The van der Waals surface area contributed by atoms with Crippen LogP contribution in [0.3, 0.4) is 0 Å². The molecule has 1 aliphatic heterocycles. The van der Waals surface area contributed by atoms with Crippen LogP contribution >= 0.6 is 0 Å². The fourth-order valence-electron chi connectivity index (χ4n) is 1.42. The summed E-state index contributed by atoms with van der Waals surface area (Å²) in [6.07, 6.45) is 2.22. The van der Waals surface area contributed by atoms with Crippen molar-refractivity contribution in [2.45, 2.75) is 39.2 Å². The van der Waals surface area contributed by atoms with Gasteiger partial charge in [0.05, 0.1) is 6.04 Å². The lowest BCUT2D eigenvalue weighted by atomic mass is 9.94. The molecule has 0 aromatic carbocycles. The number of carbonyl (C=O) groups is 2. The maximum atomic E-state index is 11.4. The second kappa shape index (κ2) is 3.70. The van der Waals surface area contributed by atoms with E-state index >= 15 is 0 Å². The van der Waals surface area contributed by atoms with Gasteiger partial charge in [0.1, 0.15) is 0 Å². The average Bonchev–Trinajstić information content (AvgIpc) is 2.03. The van der Waals surface area contributed by atoms with Crippen LogP contribution in [-0.2, 0) is 9.59 Å². The molecule has 0 spiro atoms. The molecule has 3 heteroatoms. The van der Waals surface area contributed by atoms with Crippen LogP contribution in [0.1, 0.15) is 34.5 Å². The van der Waals surface area contributed by atoms with E-state index < -0.39 is 0 Å². The van der Waals surface area contributed by atoms with Crippen molar-refractivity contribution < 1.29 is 11.0 Å². The van der Waals surface area contributed by atoms with E-state index in [-0.39, 0.29) is 25.1 Å². The first-order chi connectivity index (χ1) is 5.61. The highest BCUT2D eigenvalue weighted by Gasteiger charge is 2.25. The van der Waals surface area contributed by atoms with Crippen molar-refractivity contribution >= 4 is 11.7 Å². The van der Waals surface area contributed by atoms with Crippen LogP contribution in [0.5, 0.6) is 0 Å². The van der Waals surface area contributed by atoms with E-state index in [2.05, 4.69) is 5.32 Å². The molecule has 0 bridgehead atoms. The second-order valence-corrected chi connectivity index (χ2v) is 3.57. The number of nitrogens with one attached hydrogen (secondary N) is 1. The molecule has 3 nitrogen and oxygen atoms in total. The van der Waals surface area contributed by atoms with Crippen molar-refractivity contribution in [2.75, 3.05) is 0 Å². The van der Waals surface area contributed by atoms with Gasteiger partial charge in [0, 0.05) is 13.8 Å². The number of hydrogen-bond donors (Lipinski definition) is 1. The Morgan fingerprint density at radius 3 is 2.83 bits per heavy atom. The Labute approximate surface area is 74.0 Å². The monoisotopic (exact) mass is 171 g/mol. The standard InChI is InChI=1S/C9H15NO2.H2/c1-6(2)9(12)7-4-3-5-8(11)10-7;/h6-7H,3-5H2,1-2H3,(H,10,11);1H. The Bertz CT molecular complexity index is 204. The van der Waals surface area contributed by atoms with Gasteiger partial charge in [-0.15, -0.1) is 0 Å². The van der Waals surface area contributed by atoms with Crippen LogP contribution in [0.2, 0.25) is 0 Å². The van der Waals surface area contributed by atoms with E-state index in [4.69, 9.17) is 0 Å². The molecule has 0 aromatic rings. The number of carbonyl (C=O) groups excluding carboxylic acids is 2. The molecule has 1 saturated heterocycles. The number of piperidine rings is 1. The third-order valence-electron chi connectivity index (χ3n) is 2.14. The van der Waals surface area contributed by atoms with Gasteiger partial charge in [0.2, 0.25) is 5.91 Å². The fourth-order valence-corrected chi connectivity index (χ4v) is 1.42. The third-order valence-corrected chi connectivity index (χ3v) is 2.14. The van der Waals surface area contributed by atoms with Crippen LogP contribution in [0, 0.1) is 5.92 Å². The highest BCUT2D eigenvalue weighted by molar-refractivity contribution is 5.91. The van der Waals surface area contributed by atoms with E-state index in [1.54, 1.807) is 0 Å². The summed E-state index contributed by atoms with van der Waals surface area (Å²) in [6, 6.07) is -0.216. The predicted octanol–water partition coefficient (Wildman–Crippen LogP) is 1.13. The van der Waals surface area contributed by atoms with Gasteiger partial charge in [-0.3, -0.25) is 9.59 Å². The Hall–Kier alpha value is -0.860. The van der Waals surface area contributed by atoms with Crippen molar-refractivity contribution in [3.8, 4) is 0 Å². The van der Waals surface area contributed by atoms with E-state index in [1.165, 1.54) is 0 Å². The zero-order valence-corrected chi connectivity index (χ0v) is 7.59. The van der Waals surface area contributed by atoms with Gasteiger partial charge in [0.15, 0.2) is 5.78 Å². The van der Waals surface area contributed by atoms with Crippen molar-refractivity contribution in [2.24, 2.45) is 5.92 Å². The van der Waals surface area contributed by atoms with E-state index in [9.17, 15) is 9.59 Å². The molecule has 1 unspecified atom stereocenters. The van der Waals surface area contributed by atoms with Crippen molar-refractivity contribution in [3.05, 3.63) is 0 Å². The van der Waals surface area contributed by atoms with Crippen LogP contribution in [0.4, 0.5) is 0 Å². The molecule has 1 rings (SSSR count). The van der Waals surface area contributed by atoms with Crippen molar-refractivity contribution in [3.63, 3.8) is 0 Å². The lowest BCUT2D eigenvalue weighted by molar-refractivity contribution is -0.131. The van der Waals surface area contributed by atoms with Gasteiger partial charge >= 0.3 is 0 Å². The molecule has 1 fully saturated rings. The summed E-state index contributed by atoms with van der Waals surface area (Å²) < 4.78 is 0. The minimum atomic E-state index is -0.216. The summed E-state index contributed by atoms with van der Waals surface area (Å²) in [5, 5.41) is 2.71. The van der Waals surface area contributed by atoms with Crippen LogP contribution in [-0.4, -0.2) is 17.7 Å². The van der Waals surface area contributed by atoms with Gasteiger partial charge in [-0.1, -0.05) is 13.8 Å². The predicted molar refractivity (Wildman–Crippen MR) is 47.7 cm³/mol. The van der Waals surface area contributed by atoms with Crippen LogP contribution in [0.25, 0.3) is 0 Å². The minimum absolute atomic E-state index is 0. The highest BCUT2D eigenvalue weighted by Crippen LogP contribution is 2.12. The Morgan fingerprint density at radius 2 is 2.33 bits per heavy atom. The maximum Gasteiger partial charge on any atom is 0.220 e. The average molecular weight is 171 g/mol. The molecule has 70 valence electrons. The lowest BCUT2D eigenvalue weighted by Crippen LogP contribution is -2.45. The third kappa shape index (κ3) is 2.06. The summed E-state index contributed by atoms with van der Waals surface area (Å²) in [5.74, 6) is 0.191. The first-order valence-corrected chi connectivity index (χ1v) is 4.44. The largest absolute Gasteiger partial charge is 0.346 e. The number of Topliss-reactive ketones (excluding diaryl/α,β-unsaturated/α-hetero) is 1. The SMILES string of the molecule is CC(C)C(=O)C1CCCC(=O)N1.[HH]. The topological polar surface area (TPSA) is 46.2 Å². The van der Waals surface area contributed by atoms with E-state index in [1.807, 2.05) is 13.8 Å². The molecule has 0 aliphatic carbocycles. The Kier molecular flexibility index (Phi) is 2.84.